The summed E-state index contributed by atoms with van der Waals surface area (Å²) in [5, 5.41) is 6.21. The SMILES string of the molecule is CC(C)(C)OC(=O)c1ccccc1C1(C(F)(F)F)N=N1. The molecule has 1 aromatic rings. The van der Waals surface area contributed by atoms with Crippen LogP contribution in [0.2, 0.25) is 0 Å². The van der Waals surface area contributed by atoms with E-state index >= 15 is 0 Å². The molecule has 0 amide bonds. The molecule has 0 unspecified atom stereocenters. The van der Waals surface area contributed by atoms with Crippen molar-refractivity contribution in [1.29, 1.82) is 0 Å². The molecule has 1 heterocycles. The summed E-state index contributed by atoms with van der Waals surface area (Å²) in [6.07, 6.45) is -4.68. The Hall–Kier alpha value is -1.92. The molecule has 7 heteroatoms. The van der Waals surface area contributed by atoms with Crippen molar-refractivity contribution in [2.75, 3.05) is 0 Å². The van der Waals surface area contributed by atoms with Gasteiger partial charge < -0.3 is 4.74 Å². The number of halogens is 3. The lowest BCUT2D eigenvalue weighted by atomic mass is 9.96. The van der Waals surface area contributed by atoms with Gasteiger partial charge in [-0.1, -0.05) is 18.2 Å². The largest absolute Gasteiger partial charge is 0.456 e. The number of alkyl halides is 3. The van der Waals surface area contributed by atoms with Gasteiger partial charge in [-0.05, 0) is 26.8 Å². The van der Waals surface area contributed by atoms with Gasteiger partial charge in [-0.3, -0.25) is 0 Å². The summed E-state index contributed by atoms with van der Waals surface area (Å²) < 4.78 is 44.2. The molecule has 1 aromatic carbocycles. The van der Waals surface area contributed by atoms with E-state index in [0.717, 1.165) is 0 Å². The maximum atomic E-state index is 13.0. The summed E-state index contributed by atoms with van der Waals surface area (Å²) in [5.74, 6) is -0.825. The molecular weight excluding hydrogens is 273 g/mol. The van der Waals surface area contributed by atoms with Crippen molar-refractivity contribution in [3.63, 3.8) is 0 Å². The van der Waals surface area contributed by atoms with Gasteiger partial charge in [-0.15, -0.1) is 10.2 Å². The number of ether oxygens (including phenoxy) is 1. The quantitative estimate of drug-likeness (QED) is 0.776. The third-order valence-electron chi connectivity index (χ3n) is 2.62. The zero-order valence-corrected chi connectivity index (χ0v) is 11.2. The predicted molar refractivity (Wildman–Crippen MR) is 64.2 cm³/mol. The van der Waals surface area contributed by atoms with E-state index in [0.29, 0.717) is 0 Å². The van der Waals surface area contributed by atoms with Gasteiger partial charge >= 0.3 is 17.8 Å². The van der Waals surface area contributed by atoms with E-state index in [2.05, 4.69) is 10.2 Å². The van der Waals surface area contributed by atoms with Gasteiger partial charge in [0.25, 0.3) is 0 Å². The van der Waals surface area contributed by atoms with E-state index in [9.17, 15) is 18.0 Å². The number of rotatable bonds is 2. The van der Waals surface area contributed by atoms with E-state index in [-0.39, 0.29) is 11.1 Å². The van der Waals surface area contributed by atoms with Crippen LogP contribution in [0.3, 0.4) is 0 Å². The molecule has 0 spiro atoms. The first-order valence-corrected chi connectivity index (χ1v) is 5.90. The highest BCUT2D eigenvalue weighted by atomic mass is 19.4. The smallest absolute Gasteiger partial charge is 0.442 e. The minimum absolute atomic E-state index is 0.176. The van der Waals surface area contributed by atoms with Crippen molar-refractivity contribution in [2.45, 2.75) is 38.2 Å². The van der Waals surface area contributed by atoms with E-state index in [1.165, 1.54) is 24.3 Å². The topological polar surface area (TPSA) is 51.0 Å². The summed E-state index contributed by atoms with van der Waals surface area (Å²) in [6.45, 7) is 4.91. The Bertz CT molecular complexity index is 568. The average Bonchev–Trinajstić information content (AvgIpc) is 3.06. The van der Waals surface area contributed by atoms with Crippen LogP contribution in [0.5, 0.6) is 0 Å². The van der Waals surface area contributed by atoms with Gasteiger partial charge in [0.2, 0.25) is 0 Å². The normalized spacial score (nSPS) is 16.9. The van der Waals surface area contributed by atoms with Gasteiger partial charge in [0.15, 0.2) is 0 Å². The molecule has 1 aliphatic heterocycles. The zero-order chi connectivity index (χ0) is 15.2. The molecule has 4 nitrogen and oxygen atoms in total. The van der Waals surface area contributed by atoms with Gasteiger partial charge in [0.1, 0.15) is 5.60 Å². The lowest BCUT2D eigenvalue weighted by Crippen LogP contribution is -2.33. The molecule has 0 atom stereocenters. The number of hydrogen-bond donors (Lipinski definition) is 0. The van der Waals surface area contributed by atoms with Crippen molar-refractivity contribution in [2.24, 2.45) is 10.2 Å². The Kier molecular flexibility index (Phi) is 3.11. The maximum Gasteiger partial charge on any atom is 0.442 e. The van der Waals surface area contributed by atoms with Gasteiger partial charge in [0.05, 0.1) is 5.56 Å². The number of esters is 1. The van der Waals surface area contributed by atoms with Crippen LogP contribution in [-0.4, -0.2) is 17.7 Å². The summed E-state index contributed by atoms with van der Waals surface area (Å²) in [5.41, 5.74) is -3.90. The van der Waals surface area contributed by atoms with Crippen LogP contribution in [0, 0.1) is 0 Å². The fourth-order valence-electron chi connectivity index (χ4n) is 1.72. The lowest BCUT2D eigenvalue weighted by Gasteiger charge is -2.22. The fourth-order valence-corrected chi connectivity index (χ4v) is 1.72. The van der Waals surface area contributed by atoms with Crippen LogP contribution in [-0.2, 0) is 10.4 Å². The Morgan fingerprint density at radius 1 is 1.15 bits per heavy atom. The molecule has 2 rings (SSSR count). The Morgan fingerprint density at radius 3 is 2.15 bits per heavy atom. The first kappa shape index (κ1) is 14.5. The lowest BCUT2D eigenvalue weighted by molar-refractivity contribution is -0.166. The minimum Gasteiger partial charge on any atom is -0.456 e. The van der Waals surface area contributed by atoms with Crippen molar-refractivity contribution >= 4 is 5.97 Å². The monoisotopic (exact) mass is 286 g/mol. The molecule has 0 aromatic heterocycles. The van der Waals surface area contributed by atoms with Crippen molar-refractivity contribution in [3.05, 3.63) is 35.4 Å². The molecule has 0 saturated carbocycles. The van der Waals surface area contributed by atoms with Crippen LogP contribution in [0.1, 0.15) is 36.7 Å². The Balaban J connectivity index is 2.40. The fraction of sp³-hybridized carbons (Fsp3) is 0.462. The molecule has 0 radical (unpaired) electrons. The summed E-state index contributed by atoms with van der Waals surface area (Å²) in [7, 11) is 0. The van der Waals surface area contributed by atoms with Crippen LogP contribution in [0.25, 0.3) is 0 Å². The summed E-state index contributed by atoms with van der Waals surface area (Å²) in [4.78, 5) is 12.0. The molecular formula is C13H13F3N2O2. The van der Waals surface area contributed by atoms with Gasteiger partial charge in [-0.2, -0.15) is 13.2 Å². The van der Waals surface area contributed by atoms with E-state index in [1.54, 1.807) is 20.8 Å². The number of carbonyl (C=O) groups excluding carboxylic acids is 1. The zero-order valence-electron chi connectivity index (χ0n) is 11.2. The first-order chi connectivity index (χ1) is 9.07. The van der Waals surface area contributed by atoms with Crippen LogP contribution >= 0.6 is 0 Å². The second-order valence-corrected chi connectivity index (χ2v) is 5.42. The average molecular weight is 286 g/mol. The van der Waals surface area contributed by atoms with Crippen molar-refractivity contribution in [3.8, 4) is 0 Å². The molecule has 0 fully saturated rings. The number of benzene rings is 1. The van der Waals surface area contributed by atoms with Crippen LogP contribution in [0.15, 0.2) is 34.5 Å². The number of nitrogens with zero attached hydrogens (tertiary/aromatic N) is 2. The van der Waals surface area contributed by atoms with E-state index < -0.39 is 23.4 Å². The molecule has 108 valence electrons. The molecule has 0 saturated heterocycles. The highest BCUT2D eigenvalue weighted by molar-refractivity contribution is 5.92. The van der Waals surface area contributed by atoms with Crippen molar-refractivity contribution in [1.82, 2.24) is 0 Å². The van der Waals surface area contributed by atoms with Gasteiger partial charge in [-0.25, -0.2) is 4.79 Å². The third-order valence-corrected chi connectivity index (χ3v) is 2.62. The molecule has 20 heavy (non-hydrogen) atoms. The maximum absolute atomic E-state index is 13.0. The molecule has 0 bridgehead atoms. The number of hydrogen-bond acceptors (Lipinski definition) is 4. The summed E-state index contributed by atoms with van der Waals surface area (Å²) in [6, 6.07) is 5.34. The van der Waals surface area contributed by atoms with Crippen molar-refractivity contribution < 1.29 is 22.7 Å². The standard InChI is InChI=1S/C13H13F3N2O2/c1-11(2,3)20-10(19)8-6-4-5-7-9(8)12(17-18-12)13(14,15)16/h4-7H,1-3H3. The van der Waals surface area contributed by atoms with Crippen LogP contribution in [0.4, 0.5) is 13.2 Å². The third kappa shape index (κ3) is 2.52. The second-order valence-electron chi connectivity index (χ2n) is 5.42. The minimum atomic E-state index is -4.68. The highest BCUT2D eigenvalue weighted by Gasteiger charge is 2.66. The second kappa shape index (κ2) is 4.29. The Labute approximate surface area is 113 Å². The number of carbonyl (C=O) groups is 1. The van der Waals surface area contributed by atoms with E-state index in [4.69, 9.17) is 4.74 Å². The van der Waals surface area contributed by atoms with E-state index in [1.807, 2.05) is 0 Å². The van der Waals surface area contributed by atoms with Crippen LogP contribution < -0.4 is 0 Å². The molecule has 0 N–H and O–H groups in total. The predicted octanol–water partition coefficient (Wildman–Crippen LogP) is 3.82. The van der Waals surface area contributed by atoms with Gasteiger partial charge in [0, 0.05) is 5.56 Å². The Morgan fingerprint density at radius 2 is 1.70 bits per heavy atom. The molecule has 0 aliphatic carbocycles. The highest BCUT2D eigenvalue weighted by Crippen LogP contribution is 2.53. The summed E-state index contributed by atoms with van der Waals surface area (Å²) >= 11 is 0. The first-order valence-electron chi connectivity index (χ1n) is 5.90. The molecule has 1 aliphatic rings.